The molecule has 0 aromatic heterocycles. The molecule has 0 aliphatic heterocycles. The van der Waals surface area contributed by atoms with Crippen LogP contribution in [0.1, 0.15) is 66.7 Å². The van der Waals surface area contributed by atoms with Crippen molar-refractivity contribution >= 4 is 0 Å². The van der Waals surface area contributed by atoms with Crippen LogP contribution in [0.15, 0.2) is 23.3 Å². The summed E-state index contributed by atoms with van der Waals surface area (Å²) in [4.78, 5) is 0. The minimum absolute atomic E-state index is 0.641. The molecular weight excluding hydrogens is 199 g/mol. The van der Waals surface area contributed by atoms with E-state index in [9.17, 15) is 4.39 Å². The highest BCUT2D eigenvalue weighted by atomic mass is 19.1. The van der Waals surface area contributed by atoms with Crippen molar-refractivity contribution in [3.8, 4) is 0 Å². The molecule has 0 atom stereocenters. The van der Waals surface area contributed by atoms with Crippen molar-refractivity contribution in [2.45, 2.75) is 72.4 Å². The first-order valence-corrected chi connectivity index (χ1v) is 6.53. The molecule has 0 aromatic carbocycles. The van der Waals surface area contributed by atoms with Gasteiger partial charge in [-0.05, 0) is 38.7 Å². The summed E-state index contributed by atoms with van der Waals surface area (Å²) in [7, 11) is 0. The van der Waals surface area contributed by atoms with E-state index in [4.69, 9.17) is 0 Å². The van der Waals surface area contributed by atoms with Gasteiger partial charge in [-0.3, -0.25) is 0 Å². The standard InChI is InChI=1S/C15H27F/c1-6-11-15(16,12-7-2)14(5)10-9-13(4)8-3/h9-10H,6-8,11-12H2,1-5H3/b13-9-,14-10+. The molecule has 0 saturated carbocycles. The van der Waals surface area contributed by atoms with Gasteiger partial charge >= 0.3 is 0 Å². The van der Waals surface area contributed by atoms with Crippen LogP contribution in [0, 0.1) is 0 Å². The highest BCUT2D eigenvalue weighted by Gasteiger charge is 2.28. The maximum atomic E-state index is 14.6. The Balaban J connectivity index is 4.78. The molecule has 0 aromatic rings. The summed E-state index contributed by atoms with van der Waals surface area (Å²) in [6, 6.07) is 0. The van der Waals surface area contributed by atoms with Gasteiger partial charge in [0.15, 0.2) is 0 Å². The van der Waals surface area contributed by atoms with Gasteiger partial charge in [-0.25, -0.2) is 4.39 Å². The van der Waals surface area contributed by atoms with Crippen LogP contribution in [0.25, 0.3) is 0 Å². The lowest BCUT2D eigenvalue weighted by Crippen LogP contribution is -2.23. The summed E-state index contributed by atoms with van der Waals surface area (Å²) in [6.07, 6.45) is 8.13. The van der Waals surface area contributed by atoms with Gasteiger partial charge in [-0.15, -0.1) is 0 Å². The topological polar surface area (TPSA) is 0 Å². The largest absolute Gasteiger partial charge is 0.239 e. The SMILES string of the molecule is CCCC(F)(CCC)/C(C)=C/C=C(/C)CC. The monoisotopic (exact) mass is 226 g/mol. The first-order valence-electron chi connectivity index (χ1n) is 6.53. The molecule has 0 rings (SSSR count). The fourth-order valence-electron chi connectivity index (χ4n) is 1.85. The van der Waals surface area contributed by atoms with Gasteiger partial charge in [0.25, 0.3) is 0 Å². The molecule has 0 bridgehead atoms. The number of hydrogen-bond acceptors (Lipinski definition) is 0. The van der Waals surface area contributed by atoms with Crippen LogP contribution < -0.4 is 0 Å². The van der Waals surface area contributed by atoms with Crippen LogP contribution >= 0.6 is 0 Å². The minimum atomic E-state index is -1.09. The van der Waals surface area contributed by atoms with Gasteiger partial charge in [0.05, 0.1) is 0 Å². The molecular formula is C15H27F. The van der Waals surface area contributed by atoms with Gasteiger partial charge in [0.1, 0.15) is 5.67 Å². The van der Waals surface area contributed by atoms with Gasteiger partial charge in [-0.2, -0.15) is 0 Å². The molecule has 0 aliphatic rings. The van der Waals surface area contributed by atoms with E-state index in [1.807, 2.05) is 26.8 Å². The van der Waals surface area contributed by atoms with E-state index < -0.39 is 5.67 Å². The molecule has 0 nitrogen and oxygen atoms in total. The maximum absolute atomic E-state index is 14.6. The predicted octanol–water partition coefficient (Wildman–Crippen LogP) is 5.60. The molecule has 0 radical (unpaired) electrons. The molecule has 0 amide bonds. The summed E-state index contributed by atoms with van der Waals surface area (Å²) < 4.78 is 14.6. The molecule has 0 unspecified atom stereocenters. The zero-order chi connectivity index (χ0) is 12.6. The van der Waals surface area contributed by atoms with Crippen molar-refractivity contribution in [3.63, 3.8) is 0 Å². The van der Waals surface area contributed by atoms with Crippen LogP contribution in [-0.4, -0.2) is 5.67 Å². The van der Waals surface area contributed by atoms with Crippen molar-refractivity contribution in [3.05, 3.63) is 23.3 Å². The normalized spacial score (nSPS) is 14.4. The summed E-state index contributed by atoms with van der Waals surface area (Å²) in [5.74, 6) is 0. The van der Waals surface area contributed by atoms with Crippen molar-refractivity contribution in [1.82, 2.24) is 0 Å². The highest BCUT2D eigenvalue weighted by Crippen LogP contribution is 2.32. The number of rotatable bonds is 7. The van der Waals surface area contributed by atoms with Crippen LogP contribution in [0.4, 0.5) is 4.39 Å². The number of alkyl halides is 1. The van der Waals surface area contributed by atoms with E-state index in [2.05, 4.69) is 19.9 Å². The Bertz CT molecular complexity index is 242. The Labute approximate surface area is 101 Å². The Morgan fingerprint density at radius 1 is 1.00 bits per heavy atom. The molecule has 0 N–H and O–H groups in total. The molecule has 0 saturated heterocycles. The van der Waals surface area contributed by atoms with Crippen molar-refractivity contribution in [2.75, 3.05) is 0 Å². The Kier molecular flexibility index (Phi) is 7.36. The van der Waals surface area contributed by atoms with Crippen molar-refractivity contribution in [2.24, 2.45) is 0 Å². The van der Waals surface area contributed by atoms with Gasteiger partial charge < -0.3 is 0 Å². The van der Waals surface area contributed by atoms with Crippen LogP contribution in [-0.2, 0) is 0 Å². The Morgan fingerprint density at radius 3 is 1.88 bits per heavy atom. The minimum Gasteiger partial charge on any atom is -0.239 e. The maximum Gasteiger partial charge on any atom is 0.132 e. The number of halogens is 1. The first kappa shape index (κ1) is 15.4. The van der Waals surface area contributed by atoms with E-state index in [0.717, 1.165) is 24.8 Å². The predicted molar refractivity (Wildman–Crippen MR) is 71.5 cm³/mol. The molecule has 16 heavy (non-hydrogen) atoms. The Morgan fingerprint density at radius 2 is 1.50 bits per heavy atom. The molecule has 0 aliphatic carbocycles. The van der Waals surface area contributed by atoms with E-state index in [-0.39, 0.29) is 0 Å². The zero-order valence-electron chi connectivity index (χ0n) is 11.6. The van der Waals surface area contributed by atoms with E-state index >= 15 is 0 Å². The molecule has 94 valence electrons. The van der Waals surface area contributed by atoms with Gasteiger partial charge in [0, 0.05) is 0 Å². The van der Waals surface area contributed by atoms with E-state index in [1.165, 1.54) is 5.57 Å². The second-order valence-corrected chi connectivity index (χ2v) is 4.68. The Hall–Kier alpha value is -0.590. The highest BCUT2D eigenvalue weighted by molar-refractivity contribution is 5.22. The lowest BCUT2D eigenvalue weighted by Gasteiger charge is -2.25. The molecule has 0 spiro atoms. The summed E-state index contributed by atoms with van der Waals surface area (Å²) in [6.45, 7) is 10.2. The second kappa shape index (κ2) is 7.65. The number of hydrogen-bond donors (Lipinski definition) is 0. The molecule has 1 heteroatoms. The van der Waals surface area contributed by atoms with Crippen molar-refractivity contribution < 1.29 is 4.39 Å². The van der Waals surface area contributed by atoms with Gasteiger partial charge in [0.2, 0.25) is 0 Å². The average Bonchev–Trinajstić information content (AvgIpc) is 2.25. The van der Waals surface area contributed by atoms with Crippen LogP contribution in [0.5, 0.6) is 0 Å². The number of allylic oxidation sites excluding steroid dienone is 4. The zero-order valence-corrected chi connectivity index (χ0v) is 11.6. The van der Waals surface area contributed by atoms with Crippen LogP contribution in [0.3, 0.4) is 0 Å². The lowest BCUT2D eigenvalue weighted by molar-refractivity contribution is 0.179. The summed E-state index contributed by atoms with van der Waals surface area (Å²) >= 11 is 0. The smallest absolute Gasteiger partial charge is 0.132 e. The summed E-state index contributed by atoms with van der Waals surface area (Å²) in [5.41, 5.74) is 1.09. The van der Waals surface area contributed by atoms with Crippen LogP contribution in [0.2, 0.25) is 0 Å². The molecule has 0 heterocycles. The molecule has 0 fully saturated rings. The third kappa shape index (κ3) is 4.96. The fourth-order valence-corrected chi connectivity index (χ4v) is 1.85. The van der Waals surface area contributed by atoms with E-state index in [1.54, 1.807) is 0 Å². The van der Waals surface area contributed by atoms with Crippen molar-refractivity contribution in [1.29, 1.82) is 0 Å². The average molecular weight is 226 g/mol. The third-order valence-corrected chi connectivity index (χ3v) is 3.17. The second-order valence-electron chi connectivity index (χ2n) is 4.68. The first-order chi connectivity index (χ1) is 7.50. The lowest BCUT2D eigenvalue weighted by atomic mass is 9.87. The van der Waals surface area contributed by atoms with Gasteiger partial charge in [-0.1, -0.05) is 51.3 Å². The quantitative estimate of drug-likeness (QED) is 0.496. The fraction of sp³-hybridized carbons (Fsp3) is 0.733. The third-order valence-electron chi connectivity index (χ3n) is 3.17. The van der Waals surface area contributed by atoms with E-state index in [0.29, 0.717) is 12.8 Å². The summed E-state index contributed by atoms with van der Waals surface area (Å²) in [5, 5.41) is 0.